The molecule has 2 fully saturated rings. The molecule has 2 aliphatic heterocycles. The quantitative estimate of drug-likeness (QED) is 0.0504. The molecule has 9 N–H and O–H groups in total. The van der Waals surface area contributed by atoms with E-state index < -0.39 is 83.3 Å². The van der Waals surface area contributed by atoms with Gasteiger partial charge in [0.15, 0.2) is 41.7 Å². The number of amides is 2. The number of aliphatic hydroxyl groups excluding tert-OH is 3. The molecule has 5 heterocycles. The molecule has 8 rings (SSSR count). The predicted molar refractivity (Wildman–Crippen MR) is 220 cm³/mol. The minimum Gasteiger partial charge on any atom is -0.497 e. The van der Waals surface area contributed by atoms with Crippen LogP contribution in [0, 0.1) is 0 Å². The van der Waals surface area contributed by atoms with E-state index in [1.165, 1.54) is 61.0 Å². The Hall–Kier alpha value is -5.78. The van der Waals surface area contributed by atoms with Crippen LogP contribution in [0.15, 0.2) is 104 Å². The molecule has 10 atom stereocenters. The van der Waals surface area contributed by atoms with Crippen LogP contribution in [0.3, 0.4) is 0 Å². The lowest BCUT2D eigenvalue weighted by Gasteiger charge is -2.23. The zero-order valence-electron chi connectivity index (χ0n) is 33.4. The van der Waals surface area contributed by atoms with E-state index in [9.17, 15) is 43.8 Å². The van der Waals surface area contributed by atoms with Crippen LogP contribution in [0.4, 0.5) is 5.82 Å². The second-order valence-corrected chi connectivity index (χ2v) is 17.5. The Bertz CT molecular complexity index is 2800. The lowest BCUT2D eigenvalue weighted by molar-refractivity contribution is -0.767. The summed E-state index contributed by atoms with van der Waals surface area (Å²) in [6.45, 7) is -0.595. The summed E-state index contributed by atoms with van der Waals surface area (Å²) in [7, 11) is -9.83. The largest absolute Gasteiger partial charge is 0.497 e. The Balaban J connectivity index is 0.985. The Morgan fingerprint density at radius 2 is 1.67 bits per heavy atom. The van der Waals surface area contributed by atoms with Gasteiger partial charge in [-0.05, 0) is 40.6 Å². The number of phosphoric acid groups is 2. The van der Waals surface area contributed by atoms with Crippen molar-refractivity contribution in [2.24, 2.45) is 5.73 Å². The maximum atomic E-state index is 13.6. The highest BCUT2D eigenvalue weighted by molar-refractivity contribution is 7.61. The number of phosphoric ester groups is 2. The van der Waals surface area contributed by atoms with Gasteiger partial charge in [0.1, 0.15) is 42.0 Å². The third-order valence-electron chi connectivity index (χ3n) is 10.4. The minimum absolute atomic E-state index is 0.00208. The molecule has 25 heteroatoms. The number of aliphatic hydroxyl groups is 3. The molecule has 336 valence electrons. The molecule has 2 unspecified atom stereocenters. The molecule has 0 bridgehead atoms. The van der Waals surface area contributed by atoms with Gasteiger partial charge in [-0.15, -0.1) is 0 Å². The van der Waals surface area contributed by atoms with Crippen LogP contribution in [-0.2, 0) is 38.5 Å². The number of methoxy groups -OCH3 is 1. The van der Waals surface area contributed by atoms with E-state index in [0.717, 1.165) is 20.9 Å². The van der Waals surface area contributed by atoms with E-state index in [1.807, 2.05) is 42.5 Å². The maximum Gasteiger partial charge on any atom is 0.483 e. The number of imidazole rings is 1. The molecule has 3 aromatic carbocycles. The summed E-state index contributed by atoms with van der Waals surface area (Å²) in [4.78, 5) is 59.5. The molecular weight excluding hydrogens is 882 g/mol. The lowest BCUT2D eigenvalue weighted by atomic mass is 10.0. The summed E-state index contributed by atoms with van der Waals surface area (Å²) in [5, 5.41) is 40.8. The standard InChI is InChI=1S/C39H40N8O15P2/c1-57-25-12-5-9-22(15-25)36(52)45-28-30(48)27(18-58-63(53,54)62-64(55,56)61-39-32(50)31(49)38(60-39)46-14-6-11-24(17-46)33(40)51)59-37(28)47-20-44-29-34(42-19-43-35(29)47)41-16-23-10-4-8-21-7-2-3-13-26(21)23/h2-15,17,19-20,27-28,30-32,37-39,48-50H,16,18H2,1H3,(H5-,40,41,42,43,45,51,52,53,54,55,56)/p+1/t27-,28-,30-,31-,32+,37-,38-,39-/m1/s1. The first-order valence-electron chi connectivity index (χ1n) is 19.3. The number of fused-ring (bicyclic) bond motifs is 2. The number of primary amides is 1. The molecule has 0 radical (unpaired) electrons. The highest BCUT2D eigenvalue weighted by Crippen LogP contribution is 2.61. The van der Waals surface area contributed by atoms with E-state index >= 15 is 0 Å². The Morgan fingerprint density at radius 3 is 2.47 bits per heavy atom. The summed E-state index contributed by atoms with van der Waals surface area (Å²) >= 11 is 0. The van der Waals surface area contributed by atoms with Crippen molar-refractivity contribution < 1.29 is 76.0 Å². The molecule has 2 aliphatic rings. The van der Waals surface area contributed by atoms with E-state index in [1.54, 1.807) is 12.1 Å². The van der Waals surface area contributed by atoms with Crippen molar-refractivity contribution in [2.75, 3.05) is 19.0 Å². The third kappa shape index (κ3) is 9.52. The van der Waals surface area contributed by atoms with Crippen molar-refractivity contribution in [1.82, 2.24) is 24.8 Å². The van der Waals surface area contributed by atoms with Gasteiger partial charge in [-0.2, -0.15) is 8.88 Å². The predicted octanol–water partition coefficient (Wildman–Crippen LogP) is 1.57. The number of carbonyl (C=O) groups excluding carboxylic acids is 2. The Morgan fingerprint density at radius 1 is 0.906 bits per heavy atom. The van der Waals surface area contributed by atoms with Gasteiger partial charge in [0.2, 0.25) is 6.29 Å². The van der Waals surface area contributed by atoms with Crippen LogP contribution in [0.25, 0.3) is 21.9 Å². The van der Waals surface area contributed by atoms with Crippen molar-refractivity contribution in [1.29, 1.82) is 0 Å². The topological polar surface area (TPSA) is 322 Å². The summed E-state index contributed by atoms with van der Waals surface area (Å²) in [5.41, 5.74) is 6.97. The van der Waals surface area contributed by atoms with E-state index in [2.05, 4.69) is 29.9 Å². The lowest BCUT2D eigenvalue weighted by Crippen LogP contribution is -2.46. The normalized spacial score (nSPS) is 25.2. The molecule has 2 saturated heterocycles. The van der Waals surface area contributed by atoms with Gasteiger partial charge in [-0.25, -0.2) is 24.1 Å². The van der Waals surface area contributed by atoms with Gasteiger partial charge in [0.05, 0.1) is 20.0 Å². The number of aromatic nitrogens is 5. The zero-order valence-corrected chi connectivity index (χ0v) is 35.2. The highest BCUT2D eigenvalue weighted by Gasteiger charge is 2.53. The molecule has 6 aromatic rings. The number of rotatable bonds is 16. The van der Waals surface area contributed by atoms with Gasteiger partial charge in [0, 0.05) is 18.2 Å². The maximum absolute atomic E-state index is 13.6. The second-order valence-electron chi connectivity index (χ2n) is 14.5. The van der Waals surface area contributed by atoms with Crippen LogP contribution in [0.2, 0.25) is 0 Å². The fraction of sp³-hybridized carbons (Fsp3) is 0.282. The second kappa shape index (κ2) is 18.4. The van der Waals surface area contributed by atoms with Crippen molar-refractivity contribution in [3.63, 3.8) is 0 Å². The Labute approximate surface area is 362 Å². The summed E-state index contributed by atoms with van der Waals surface area (Å²) in [6, 6.07) is 21.5. The fourth-order valence-electron chi connectivity index (χ4n) is 7.30. The molecule has 3 aromatic heterocycles. The fourth-order valence-corrected chi connectivity index (χ4v) is 9.46. The van der Waals surface area contributed by atoms with Gasteiger partial charge in [-0.3, -0.25) is 27.9 Å². The summed E-state index contributed by atoms with van der Waals surface area (Å²) < 4.78 is 59.7. The molecular formula is C39H41N8O15P2+. The average molecular weight is 924 g/mol. The smallest absolute Gasteiger partial charge is 0.483 e. The highest BCUT2D eigenvalue weighted by atomic mass is 31.3. The number of ether oxygens (including phenoxy) is 3. The van der Waals surface area contributed by atoms with Crippen molar-refractivity contribution >= 4 is 55.2 Å². The van der Waals surface area contributed by atoms with Gasteiger partial charge in [-0.1, -0.05) is 48.5 Å². The number of nitrogens with one attached hydrogen (secondary N) is 2. The zero-order chi connectivity index (χ0) is 45.3. The van der Waals surface area contributed by atoms with E-state index in [4.69, 9.17) is 29.0 Å². The first-order chi connectivity index (χ1) is 30.6. The van der Waals surface area contributed by atoms with E-state index in [0.29, 0.717) is 23.6 Å². The molecule has 23 nitrogen and oxygen atoms in total. The van der Waals surface area contributed by atoms with Crippen LogP contribution < -0.4 is 25.7 Å². The molecule has 2 amide bonds. The van der Waals surface area contributed by atoms with Crippen LogP contribution in [-0.4, -0.2) is 107 Å². The first-order valence-corrected chi connectivity index (χ1v) is 22.3. The summed E-state index contributed by atoms with van der Waals surface area (Å²) in [6.07, 6.45) is -6.70. The number of anilines is 1. The number of carbonyl (C=O) groups is 2. The van der Waals surface area contributed by atoms with Crippen LogP contribution in [0.1, 0.15) is 38.7 Å². The molecule has 0 aliphatic carbocycles. The molecule has 0 spiro atoms. The minimum atomic E-state index is -5.66. The SMILES string of the molecule is COc1cccc(C(=O)N[C@@H]2[C@H](O)[C@@H](COP(=O)(O)OP(=O)(O)O[C@H]3O[C@@H]([n+]4cccc(C(N)=O)c4)[C@H](O)[C@@H]3O)O[C@H]2n2cnc3c(NCc4cccc5ccccc45)ncnc32)c1. The van der Waals surface area contributed by atoms with Gasteiger partial charge >= 0.3 is 15.6 Å². The van der Waals surface area contributed by atoms with Crippen LogP contribution >= 0.6 is 15.6 Å². The summed E-state index contributed by atoms with van der Waals surface area (Å²) in [5.74, 6) is -0.742. The number of benzene rings is 3. The molecule has 0 saturated carbocycles. The number of hydrogen-bond acceptors (Lipinski definition) is 17. The number of hydrogen-bond donors (Lipinski definition) is 8. The number of nitrogens with zero attached hydrogens (tertiary/aromatic N) is 5. The van der Waals surface area contributed by atoms with Crippen molar-refractivity contribution in [3.8, 4) is 5.75 Å². The van der Waals surface area contributed by atoms with Gasteiger partial charge < -0.3 is 50.9 Å². The third-order valence-corrected chi connectivity index (χ3v) is 13.0. The van der Waals surface area contributed by atoms with Crippen molar-refractivity contribution in [3.05, 3.63) is 121 Å². The van der Waals surface area contributed by atoms with E-state index in [-0.39, 0.29) is 16.8 Å². The number of pyridine rings is 1. The van der Waals surface area contributed by atoms with Crippen molar-refractivity contribution in [2.45, 2.75) is 55.7 Å². The van der Waals surface area contributed by atoms with Crippen LogP contribution in [0.5, 0.6) is 5.75 Å². The Kier molecular flexibility index (Phi) is 12.9. The first kappa shape index (κ1) is 44.8. The average Bonchev–Trinajstić information content (AvgIpc) is 3.93. The monoisotopic (exact) mass is 923 g/mol. The molecule has 64 heavy (non-hydrogen) atoms. The van der Waals surface area contributed by atoms with Gasteiger partial charge in [0.25, 0.3) is 18.0 Å². The number of nitrogens with two attached hydrogens (primary N) is 1.